The van der Waals surface area contributed by atoms with Gasteiger partial charge in [0, 0.05) is 6.61 Å². The summed E-state index contributed by atoms with van der Waals surface area (Å²) in [5.74, 6) is 0.487. The summed E-state index contributed by atoms with van der Waals surface area (Å²) in [5.41, 5.74) is 0.103. The number of hydrogen-bond acceptors (Lipinski definition) is 4. The zero-order valence-electron chi connectivity index (χ0n) is 17.3. The maximum absolute atomic E-state index is 9.68. The van der Waals surface area contributed by atoms with Gasteiger partial charge in [0.05, 0.1) is 31.5 Å². The normalized spacial score (nSPS) is 16.2. The van der Waals surface area contributed by atoms with Crippen LogP contribution in [0, 0.1) is 16.7 Å². The monoisotopic (exact) mass is 346 g/mol. The molecule has 0 amide bonds. The molecular formula is C20H42O4. The Morgan fingerprint density at radius 2 is 1.46 bits per heavy atom. The zero-order valence-corrected chi connectivity index (χ0v) is 17.3. The van der Waals surface area contributed by atoms with E-state index in [1.54, 1.807) is 0 Å². The molecule has 0 aliphatic rings. The fourth-order valence-electron chi connectivity index (χ4n) is 2.87. The van der Waals surface area contributed by atoms with Crippen LogP contribution in [0.4, 0.5) is 0 Å². The molecule has 24 heavy (non-hydrogen) atoms. The molecule has 0 saturated carbocycles. The molecule has 2 unspecified atom stereocenters. The Kier molecular flexibility index (Phi) is 10.0. The zero-order chi connectivity index (χ0) is 19.0. The summed E-state index contributed by atoms with van der Waals surface area (Å²) in [7, 11) is 0. The van der Waals surface area contributed by atoms with Crippen molar-refractivity contribution in [1.82, 2.24) is 0 Å². The molecule has 0 saturated heterocycles. The summed E-state index contributed by atoms with van der Waals surface area (Å²) in [6.07, 6.45) is 2.42. The maximum atomic E-state index is 9.68. The molecular weight excluding hydrogens is 304 g/mol. The Balaban J connectivity index is 4.46. The van der Waals surface area contributed by atoms with Crippen LogP contribution in [0.1, 0.15) is 74.7 Å². The van der Waals surface area contributed by atoms with E-state index in [-0.39, 0.29) is 35.7 Å². The third-order valence-corrected chi connectivity index (χ3v) is 4.48. The maximum Gasteiger partial charge on any atom is 0.0809 e. The van der Waals surface area contributed by atoms with Crippen LogP contribution in [0.2, 0.25) is 0 Å². The molecule has 0 radical (unpaired) electrons. The minimum absolute atomic E-state index is 0.0384. The van der Waals surface area contributed by atoms with Crippen LogP contribution in [0.5, 0.6) is 0 Å². The highest BCUT2D eigenvalue weighted by molar-refractivity contribution is 4.81. The second-order valence-corrected chi connectivity index (χ2v) is 9.82. The van der Waals surface area contributed by atoms with Gasteiger partial charge in [0.2, 0.25) is 0 Å². The van der Waals surface area contributed by atoms with Crippen LogP contribution in [0.15, 0.2) is 0 Å². The average molecular weight is 347 g/mol. The van der Waals surface area contributed by atoms with E-state index in [9.17, 15) is 5.11 Å². The lowest BCUT2D eigenvalue weighted by Crippen LogP contribution is -2.33. The van der Waals surface area contributed by atoms with Crippen molar-refractivity contribution in [2.24, 2.45) is 16.7 Å². The van der Waals surface area contributed by atoms with Gasteiger partial charge in [-0.1, -0.05) is 41.5 Å². The first-order chi connectivity index (χ1) is 10.8. The molecule has 2 N–H and O–H groups in total. The third-order valence-electron chi connectivity index (χ3n) is 4.48. The lowest BCUT2D eigenvalue weighted by molar-refractivity contribution is -0.0827. The van der Waals surface area contributed by atoms with Gasteiger partial charge in [-0.3, -0.25) is 0 Å². The van der Waals surface area contributed by atoms with E-state index in [2.05, 4.69) is 41.5 Å². The quantitative estimate of drug-likeness (QED) is 0.555. The van der Waals surface area contributed by atoms with Gasteiger partial charge in [0.15, 0.2) is 0 Å². The molecule has 146 valence electrons. The summed E-state index contributed by atoms with van der Waals surface area (Å²) in [6.45, 7) is 18.6. The van der Waals surface area contributed by atoms with Gasteiger partial charge in [-0.15, -0.1) is 0 Å². The molecule has 0 aliphatic heterocycles. The Morgan fingerprint density at radius 1 is 0.875 bits per heavy atom. The van der Waals surface area contributed by atoms with Crippen molar-refractivity contribution in [3.8, 4) is 0 Å². The number of rotatable bonds is 11. The van der Waals surface area contributed by atoms with Gasteiger partial charge in [0.1, 0.15) is 0 Å². The molecule has 0 rings (SSSR count). The van der Waals surface area contributed by atoms with E-state index < -0.39 is 0 Å². The highest BCUT2D eigenvalue weighted by Gasteiger charge is 2.31. The Bertz CT molecular complexity index is 326. The molecule has 2 atom stereocenters. The van der Waals surface area contributed by atoms with E-state index in [1.807, 2.05) is 13.8 Å². The molecule has 0 heterocycles. The molecule has 0 aliphatic carbocycles. The first kappa shape index (κ1) is 23.8. The van der Waals surface area contributed by atoms with E-state index in [0.29, 0.717) is 25.6 Å². The van der Waals surface area contributed by atoms with Crippen LogP contribution in [-0.2, 0) is 9.47 Å². The van der Waals surface area contributed by atoms with Gasteiger partial charge in [-0.05, 0) is 49.9 Å². The minimum atomic E-state index is -0.340. The molecule has 4 nitrogen and oxygen atoms in total. The minimum Gasteiger partial charge on any atom is -0.396 e. The van der Waals surface area contributed by atoms with Crippen molar-refractivity contribution < 1.29 is 19.7 Å². The first-order valence-corrected chi connectivity index (χ1v) is 9.28. The molecule has 0 aromatic rings. The lowest BCUT2D eigenvalue weighted by atomic mass is 9.70. The summed E-state index contributed by atoms with van der Waals surface area (Å²) in [6, 6.07) is 0. The largest absolute Gasteiger partial charge is 0.396 e. The molecule has 0 aromatic carbocycles. The number of ether oxygens (including phenoxy) is 2. The summed E-state index contributed by atoms with van der Waals surface area (Å²) >= 11 is 0. The highest BCUT2D eigenvalue weighted by Crippen LogP contribution is 2.39. The number of aliphatic hydroxyl groups is 2. The Morgan fingerprint density at radius 3 is 1.88 bits per heavy atom. The van der Waals surface area contributed by atoms with Crippen molar-refractivity contribution >= 4 is 0 Å². The van der Waals surface area contributed by atoms with Crippen molar-refractivity contribution in [2.75, 3.05) is 26.4 Å². The molecule has 0 aromatic heterocycles. The predicted octanol–water partition coefficient (Wildman–Crippen LogP) is 4.03. The van der Waals surface area contributed by atoms with Crippen molar-refractivity contribution in [2.45, 2.75) is 86.4 Å². The van der Waals surface area contributed by atoms with E-state index in [0.717, 1.165) is 12.8 Å². The molecule has 0 bridgehead atoms. The van der Waals surface area contributed by atoms with Crippen molar-refractivity contribution in [1.29, 1.82) is 0 Å². The second kappa shape index (κ2) is 10.1. The van der Waals surface area contributed by atoms with Gasteiger partial charge < -0.3 is 19.7 Å². The fraction of sp³-hybridized carbons (Fsp3) is 1.00. The third kappa shape index (κ3) is 11.4. The topological polar surface area (TPSA) is 58.9 Å². The standard InChI is InChI=1S/C20H42O4/c1-18(2,3)14-16(19(4,5)6)13-17(15-22)23-11-12-24-20(7,8)9-10-21/h16-17,21-22H,9-15H2,1-8H3. The summed E-state index contributed by atoms with van der Waals surface area (Å²) in [5, 5.41) is 18.7. The van der Waals surface area contributed by atoms with Crippen LogP contribution < -0.4 is 0 Å². The van der Waals surface area contributed by atoms with Gasteiger partial charge in [-0.25, -0.2) is 0 Å². The van der Waals surface area contributed by atoms with Gasteiger partial charge >= 0.3 is 0 Å². The van der Waals surface area contributed by atoms with Crippen LogP contribution in [-0.4, -0.2) is 48.3 Å². The SMILES string of the molecule is CC(C)(C)CC(CC(CO)OCCOC(C)(C)CCO)C(C)(C)C. The molecule has 4 heteroatoms. The predicted molar refractivity (Wildman–Crippen MR) is 100 cm³/mol. The fourth-order valence-corrected chi connectivity index (χ4v) is 2.87. The van der Waals surface area contributed by atoms with Gasteiger partial charge in [0.25, 0.3) is 0 Å². The Hall–Kier alpha value is -0.160. The molecule has 0 fully saturated rings. The smallest absolute Gasteiger partial charge is 0.0809 e. The second-order valence-electron chi connectivity index (χ2n) is 9.82. The number of hydrogen-bond donors (Lipinski definition) is 2. The van der Waals surface area contributed by atoms with Crippen molar-refractivity contribution in [3.63, 3.8) is 0 Å². The molecule has 0 spiro atoms. The van der Waals surface area contributed by atoms with E-state index in [4.69, 9.17) is 14.6 Å². The lowest BCUT2D eigenvalue weighted by Gasteiger charge is -2.37. The average Bonchev–Trinajstić information content (AvgIpc) is 2.38. The summed E-state index contributed by atoms with van der Waals surface area (Å²) < 4.78 is 11.6. The summed E-state index contributed by atoms with van der Waals surface area (Å²) in [4.78, 5) is 0. The van der Waals surface area contributed by atoms with Gasteiger partial charge in [-0.2, -0.15) is 0 Å². The van der Waals surface area contributed by atoms with Crippen molar-refractivity contribution in [3.05, 3.63) is 0 Å². The van der Waals surface area contributed by atoms with Crippen LogP contribution >= 0.6 is 0 Å². The van der Waals surface area contributed by atoms with Crippen LogP contribution in [0.25, 0.3) is 0 Å². The Labute approximate surface area is 149 Å². The highest BCUT2D eigenvalue weighted by atomic mass is 16.5. The van der Waals surface area contributed by atoms with E-state index in [1.165, 1.54) is 0 Å². The van der Waals surface area contributed by atoms with E-state index >= 15 is 0 Å². The van der Waals surface area contributed by atoms with Crippen LogP contribution in [0.3, 0.4) is 0 Å². The first-order valence-electron chi connectivity index (χ1n) is 9.28. The number of aliphatic hydroxyl groups excluding tert-OH is 2.